The third-order valence-corrected chi connectivity index (χ3v) is 6.17. The Hall–Kier alpha value is -0.790. The molecule has 2 aromatic rings. The number of benzene rings is 2. The van der Waals surface area contributed by atoms with Crippen molar-refractivity contribution in [2.45, 2.75) is 36.4 Å². The lowest BCUT2D eigenvalue weighted by molar-refractivity contribution is 0.335. The summed E-state index contributed by atoms with van der Waals surface area (Å²) in [5.41, 5.74) is 2.77. The van der Waals surface area contributed by atoms with Crippen molar-refractivity contribution < 1.29 is 0 Å². The second-order valence-corrected chi connectivity index (χ2v) is 7.58. The van der Waals surface area contributed by atoms with Crippen LogP contribution in [0.2, 0.25) is 5.02 Å². The summed E-state index contributed by atoms with van der Waals surface area (Å²) < 4.78 is 0. The first-order valence-electron chi connectivity index (χ1n) is 7.66. The van der Waals surface area contributed by atoms with Crippen LogP contribution >= 0.6 is 27.5 Å². The maximum absolute atomic E-state index is 6.33. The van der Waals surface area contributed by atoms with Gasteiger partial charge < -0.3 is 0 Å². The van der Waals surface area contributed by atoms with Gasteiger partial charge in [-0.2, -0.15) is 0 Å². The number of rotatable bonds is 3. The second-order valence-electron chi connectivity index (χ2n) is 5.99. The minimum Gasteiger partial charge on any atom is -0.0888 e. The summed E-state index contributed by atoms with van der Waals surface area (Å²) in [4.78, 5) is 0.605. The molecule has 1 fully saturated rings. The van der Waals surface area contributed by atoms with Gasteiger partial charge in [0.1, 0.15) is 0 Å². The highest BCUT2D eigenvalue weighted by Crippen LogP contribution is 2.41. The zero-order valence-corrected chi connectivity index (χ0v) is 14.4. The summed E-state index contributed by atoms with van der Waals surface area (Å²) in [7, 11) is 0. The first-order chi connectivity index (χ1) is 10.2. The minimum absolute atomic E-state index is 0.605. The van der Waals surface area contributed by atoms with Crippen LogP contribution in [-0.4, -0.2) is 4.83 Å². The summed E-state index contributed by atoms with van der Waals surface area (Å²) in [5, 5.41) is 0.902. The van der Waals surface area contributed by atoms with Gasteiger partial charge in [-0.3, -0.25) is 0 Å². The van der Waals surface area contributed by atoms with Crippen molar-refractivity contribution in [3.8, 4) is 0 Å². The number of hydrogen-bond acceptors (Lipinski definition) is 0. The predicted molar refractivity (Wildman–Crippen MR) is 94.4 cm³/mol. The van der Waals surface area contributed by atoms with Crippen molar-refractivity contribution >= 4 is 27.5 Å². The number of alkyl halides is 1. The van der Waals surface area contributed by atoms with E-state index in [1.54, 1.807) is 0 Å². The molecule has 21 heavy (non-hydrogen) atoms. The van der Waals surface area contributed by atoms with E-state index < -0.39 is 0 Å². The summed E-state index contributed by atoms with van der Waals surface area (Å²) >= 11 is 10.2. The van der Waals surface area contributed by atoms with Crippen molar-refractivity contribution in [1.82, 2.24) is 0 Å². The molecule has 0 amide bonds. The molecule has 3 atom stereocenters. The molecule has 2 aromatic carbocycles. The van der Waals surface area contributed by atoms with Gasteiger partial charge in [-0.15, -0.1) is 0 Å². The van der Waals surface area contributed by atoms with Gasteiger partial charge in [-0.05, 0) is 54.7 Å². The number of halogens is 2. The van der Waals surface area contributed by atoms with Gasteiger partial charge in [0.05, 0.1) is 0 Å². The van der Waals surface area contributed by atoms with E-state index in [1.165, 1.54) is 30.4 Å². The zero-order chi connectivity index (χ0) is 14.7. The Balaban J connectivity index is 1.74. The van der Waals surface area contributed by atoms with Crippen LogP contribution in [0.1, 0.15) is 36.3 Å². The largest absolute Gasteiger partial charge is 0.0888 e. The lowest BCUT2D eigenvalue weighted by Gasteiger charge is -2.34. The van der Waals surface area contributed by atoms with Crippen molar-refractivity contribution in [3.63, 3.8) is 0 Å². The SMILES string of the molecule is Clc1ccccc1CC1CC(c2ccccc2)CCC1Br. The summed E-state index contributed by atoms with van der Waals surface area (Å²) in [6.45, 7) is 0. The maximum Gasteiger partial charge on any atom is 0.0438 e. The molecule has 3 rings (SSSR count). The fourth-order valence-electron chi connectivity index (χ4n) is 3.41. The van der Waals surface area contributed by atoms with Gasteiger partial charge >= 0.3 is 0 Å². The number of hydrogen-bond donors (Lipinski definition) is 0. The average molecular weight is 364 g/mol. The molecule has 1 aliphatic carbocycles. The van der Waals surface area contributed by atoms with Crippen LogP contribution in [0.5, 0.6) is 0 Å². The smallest absolute Gasteiger partial charge is 0.0438 e. The van der Waals surface area contributed by atoms with Crippen molar-refractivity contribution in [1.29, 1.82) is 0 Å². The van der Waals surface area contributed by atoms with E-state index in [1.807, 2.05) is 12.1 Å². The van der Waals surface area contributed by atoms with E-state index in [9.17, 15) is 0 Å². The van der Waals surface area contributed by atoms with Gasteiger partial charge in [0.15, 0.2) is 0 Å². The Kier molecular flexibility index (Phi) is 5.03. The summed E-state index contributed by atoms with van der Waals surface area (Å²) in [5.74, 6) is 1.34. The Morgan fingerprint density at radius 1 is 0.952 bits per heavy atom. The Morgan fingerprint density at radius 3 is 2.43 bits per heavy atom. The summed E-state index contributed by atoms with van der Waals surface area (Å²) in [6.07, 6.45) is 4.83. The van der Waals surface area contributed by atoms with E-state index in [-0.39, 0.29) is 0 Å². The topological polar surface area (TPSA) is 0 Å². The normalized spacial score (nSPS) is 25.7. The van der Waals surface area contributed by atoms with E-state index in [0.29, 0.717) is 16.7 Å². The van der Waals surface area contributed by atoms with Gasteiger partial charge in [0.2, 0.25) is 0 Å². The van der Waals surface area contributed by atoms with Crippen LogP contribution < -0.4 is 0 Å². The highest BCUT2D eigenvalue weighted by atomic mass is 79.9. The molecule has 0 spiro atoms. The van der Waals surface area contributed by atoms with E-state index in [2.05, 4.69) is 58.4 Å². The summed E-state index contributed by atoms with van der Waals surface area (Å²) in [6, 6.07) is 19.2. The first-order valence-corrected chi connectivity index (χ1v) is 8.96. The van der Waals surface area contributed by atoms with Gasteiger partial charge in [-0.25, -0.2) is 0 Å². The standard InChI is InChI=1S/C19H20BrCl/c20-18-11-10-15(14-6-2-1-3-7-14)12-17(18)13-16-8-4-5-9-19(16)21/h1-9,15,17-18H,10-13H2. The van der Waals surface area contributed by atoms with Crippen molar-refractivity contribution in [2.24, 2.45) is 5.92 Å². The molecular weight excluding hydrogens is 344 g/mol. The van der Waals surface area contributed by atoms with Gasteiger partial charge in [0.25, 0.3) is 0 Å². The minimum atomic E-state index is 0.605. The van der Waals surface area contributed by atoms with E-state index in [4.69, 9.17) is 11.6 Å². The third kappa shape index (κ3) is 3.70. The fourth-order valence-corrected chi connectivity index (χ4v) is 4.29. The molecule has 0 radical (unpaired) electrons. The molecular formula is C19H20BrCl. The molecule has 110 valence electrons. The zero-order valence-electron chi connectivity index (χ0n) is 12.0. The van der Waals surface area contributed by atoms with Crippen LogP contribution in [-0.2, 0) is 6.42 Å². The molecule has 0 aliphatic heterocycles. The Bertz CT molecular complexity index is 581. The monoisotopic (exact) mass is 362 g/mol. The van der Waals surface area contributed by atoms with Gasteiger partial charge in [-0.1, -0.05) is 76.1 Å². The second kappa shape index (κ2) is 6.98. The quantitative estimate of drug-likeness (QED) is 0.567. The van der Waals surface area contributed by atoms with Crippen LogP contribution in [0.25, 0.3) is 0 Å². The first kappa shape index (κ1) is 15.1. The van der Waals surface area contributed by atoms with Crippen LogP contribution in [0.3, 0.4) is 0 Å². The molecule has 0 nitrogen and oxygen atoms in total. The van der Waals surface area contributed by atoms with Gasteiger partial charge in [0, 0.05) is 9.85 Å². The molecule has 2 heteroatoms. The molecule has 0 saturated heterocycles. The van der Waals surface area contributed by atoms with Crippen LogP contribution in [0.4, 0.5) is 0 Å². The molecule has 0 N–H and O–H groups in total. The van der Waals surface area contributed by atoms with Crippen LogP contribution in [0.15, 0.2) is 54.6 Å². The maximum atomic E-state index is 6.33. The predicted octanol–water partition coefficient (Wildman–Crippen LogP) is 6.23. The lowest BCUT2D eigenvalue weighted by atomic mass is 9.76. The van der Waals surface area contributed by atoms with E-state index >= 15 is 0 Å². The molecule has 0 heterocycles. The average Bonchev–Trinajstić information content (AvgIpc) is 2.52. The fraction of sp³-hybridized carbons (Fsp3) is 0.368. The van der Waals surface area contributed by atoms with E-state index in [0.717, 1.165) is 11.4 Å². The molecule has 0 aromatic heterocycles. The Morgan fingerprint density at radius 2 is 1.67 bits per heavy atom. The highest BCUT2D eigenvalue weighted by molar-refractivity contribution is 9.09. The lowest BCUT2D eigenvalue weighted by Crippen LogP contribution is -2.26. The molecule has 3 unspecified atom stereocenters. The third-order valence-electron chi connectivity index (χ3n) is 4.60. The Labute approximate surface area is 140 Å². The van der Waals surface area contributed by atoms with Crippen molar-refractivity contribution in [2.75, 3.05) is 0 Å². The highest BCUT2D eigenvalue weighted by Gasteiger charge is 2.30. The van der Waals surface area contributed by atoms with Crippen LogP contribution in [0, 0.1) is 5.92 Å². The molecule has 0 bridgehead atoms. The molecule has 1 aliphatic rings. The van der Waals surface area contributed by atoms with Crippen molar-refractivity contribution in [3.05, 3.63) is 70.7 Å². The molecule has 1 saturated carbocycles.